The van der Waals surface area contributed by atoms with Gasteiger partial charge in [0.05, 0.1) is 6.10 Å². The summed E-state index contributed by atoms with van der Waals surface area (Å²) in [6.07, 6.45) is 1.68. The van der Waals surface area contributed by atoms with Crippen LogP contribution in [0.2, 0.25) is 5.02 Å². The number of carbonyl (C=O) groups is 1. The second-order valence-electron chi connectivity index (χ2n) is 4.25. The predicted octanol–water partition coefficient (Wildman–Crippen LogP) is 2.23. The second kappa shape index (κ2) is 5.38. The maximum atomic E-state index is 11.5. The molecule has 3 N–H and O–H groups in total. The maximum Gasteiger partial charge on any atom is 0.319 e. The van der Waals surface area contributed by atoms with Crippen LogP contribution in [0.1, 0.15) is 12.8 Å². The van der Waals surface area contributed by atoms with Crippen molar-refractivity contribution in [2.24, 2.45) is 5.92 Å². The lowest BCUT2D eigenvalue weighted by atomic mass is 10.2. The molecular formula is C12H15ClN2O2. The van der Waals surface area contributed by atoms with Gasteiger partial charge in [-0.15, -0.1) is 0 Å². The molecule has 1 saturated carbocycles. The third kappa shape index (κ3) is 3.91. The minimum Gasteiger partial charge on any atom is -0.391 e. The molecule has 0 aliphatic heterocycles. The third-order valence-electron chi connectivity index (χ3n) is 2.72. The lowest BCUT2D eigenvalue weighted by molar-refractivity contribution is 0.150. The minimum absolute atomic E-state index is 0.289. The van der Waals surface area contributed by atoms with Gasteiger partial charge in [0.15, 0.2) is 0 Å². The largest absolute Gasteiger partial charge is 0.391 e. The van der Waals surface area contributed by atoms with Gasteiger partial charge in [-0.2, -0.15) is 0 Å². The van der Waals surface area contributed by atoms with E-state index in [-0.39, 0.29) is 12.6 Å². The molecule has 2 rings (SSSR count). The molecule has 1 aliphatic carbocycles. The normalized spacial score (nSPS) is 16.4. The molecule has 1 aromatic rings. The van der Waals surface area contributed by atoms with Crippen LogP contribution in [0.25, 0.3) is 0 Å². The predicted molar refractivity (Wildman–Crippen MR) is 67.2 cm³/mol. The fourth-order valence-corrected chi connectivity index (χ4v) is 1.78. The highest BCUT2D eigenvalue weighted by atomic mass is 35.5. The minimum atomic E-state index is -0.430. The number of halogens is 1. The van der Waals surface area contributed by atoms with E-state index in [4.69, 9.17) is 11.6 Å². The number of urea groups is 1. The molecule has 0 heterocycles. The first-order chi connectivity index (χ1) is 8.15. The SMILES string of the molecule is O=C(NCC(O)C1CC1)Nc1cccc(Cl)c1. The van der Waals surface area contributed by atoms with E-state index in [1.807, 2.05) is 0 Å². The fraction of sp³-hybridized carbons (Fsp3) is 0.417. The standard InChI is InChI=1S/C12H15ClN2O2/c13-9-2-1-3-10(6-9)15-12(17)14-7-11(16)8-4-5-8/h1-3,6,8,11,16H,4-5,7H2,(H2,14,15,17). The number of benzene rings is 1. The Balaban J connectivity index is 1.76. The monoisotopic (exact) mass is 254 g/mol. The highest BCUT2D eigenvalue weighted by Gasteiger charge is 2.29. The van der Waals surface area contributed by atoms with Gasteiger partial charge in [-0.05, 0) is 37.0 Å². The van der Waals surface area contributed by atoms with Crippen molar-refractivity contribution < 1.29 is 9.90 Å². The molecule has 17 heavy (non-hydrogen) atoms. The Labute approximate surface area is 105 Å². The van der Waals surface area contributed by atoms with Gasteiger partial charge in [0.2, 0.25) is 0 Å². The average Bonchev–Trinajstić information content (AvgIpc) is 3.09. The van der Waals surface area contributed by atoms with Crippen LogP contribution in [0, 0.1) is 5.92 Å². The lowest BCUT2D eigenvalue weighted by Crippen LogP contribution is -2.36. The van der Waals surface area contributed by atoms with Gasteiger partial charge in [0, 0.05) is 17.3 Å². The Hall–Kier alpha value is -1.26. The topological polar surface area (TPSA) is 61.4 Å². The number of aliphatic hydroxyl groups excluding tert-OH is 1. The molecule has 92 valence electrons. The number of hydrogen-bond acceptors (Lipinski definition) is 2. The summed E-state index contributed by atoms with van der Waals surface area (Å²) in [5, 5.41) is 15.4. The summed E-state index contributed by atoms with van der Waals surface area (Å²) in [6, 6.07) is 6.59. The van der Waals surface area contributed by atoms with Gasteiger partial charge in [0.25, 0.3) is 0 Å². The van der Waals surface area contributed by atoms with E-state index < -0.39 is 6.10 Å². The summed E-state index contributed by atoms with van der Waals surface area (Å²) in [4.78, 5) is 11.5. The molecule has 1 unspecified atom stereocenters. The third-order valence-corrected chi connectivity index (χ3v) is 2.96. The average molecular weight is 255 g/mol. The van der Waals surface area contributed by atoms with Crippen LogP contribution in [-0.2, 0) is 0 Å². The van der Waals surface area contributed by atoms with E-state index in [0.29, 0.717) is 16.6 Å². The van der Waals surface area contributed by atoms with E-state index in [1.54, 1.807) is 24.3 Å². The van der Waals surface area contributed by atoms with E-state index in [0.717, 1.165) is 12.8 Å². The Kier molecular flexibility index (Phi) is 3.86. The molecule has 0 spiro atoms. The summed E-state index contributed by atoms with van der Waals surface area (Å²) >= 11 is 5.79. The summed E-state index contributed by atoms with van der Waals surface area (Å²) in [6.45, 7) is 0.289. The molecule has 5 heteroatoms. The molecule has 1 atom stereocenters. The zero-order valence-corrected chi connectivity index (χ0v) is 10.1. The van der Waals surface area contributed by atoms with Crippen molar-refractivity contribution in [2.45, 2.75) is 18.9 Å². The van der Waals surface area contributed by atoms with Gasteiger partial charge in [-0.3, -0.25) is 0 Å². The van der Waals surface area contributed by atoms with Crippen LogP contribution in [0.3, 0.4) is 0 Å². The van der Waals surface area contributed by atoms with Gasteiger partial charge >= 0.3 is 6.03 Å². The van der Waals surface area contributed by atoms with E-state index >= 15 is 0 Å². The van der Waals surface area contributed by atoms with Gasteiger partial charge in [0.1, 0.15) is 0 Å². The van der Waals surface area contributed by atoms with Crippen molar-refractivity contribution in [1.82, 2.24) is 5.32 Å². The summed E-state index contributed by atoms with van der Waals surface area (Å²) in [7, 11) is 0. The molecule has 1 aromatic carbocycles. The van der Waals surface area contributed by atoms with E-state index in [1.165, 1.54) is 0 Å². The molecule has 0 aromatic heterocycles. The molecule has 1 aliphatic rings. The summed E-state index contributed by atoms with van der Waals surface area (Å²) < 4.78 is 0. The molecule has 4 nitrogen and oxygen atoms in total. The highest BCUT2D eigenvalue weighted by Crippen LogP contribution is 2.32. The van der Waals surface area contributed by atoms with Crippen LogP contribution in [0.15, 0.2) is 24.3 Å². The second-order valence-corrected chi connectivity index (χ2v) is 4.69. The van der Waals surface area contributed by atoms with Crippen LogP contribution >= 0.6 is 11.6 Å². The van der Waals surface area contributed by atoms with Gasteiger partial charge in [-0.25, -0.2) is 4.79 Å². The Bertz CT molecular complexity index is 407. The first kappa shape index (κ1) is 12.2. The number of anilines is 1. The molecule has 2 amide bonds. The van der Waals surface area contributed by atoms with E-state index in [2.05, 4.69) is 10.6 Å². The first-order valence-electron chi connectivity index (χ1n) is 5.63. The molecule has 1 fully saturated rings. The maximum absolute atomic E-state index is 11.5. The number of aliphatic hydroxyl groups is 1. The quantitative estimate of drug-likeness (QED) is 0.772. The van der Waals surface area contributed by atoms with Crippen LogP contribution in [-0.4, -0.2) is 23.8 Å². The van der Waals surface area contributed by atoms with Crippen molar-refractivity contribution in [3.05, 3.63) is 29.3 Å². The lowest BCUT2D eigenvalue weighted by Gasteiger charge is -2.11. The number of nitrogens with one attached hydrogen (secondary N) is 2. The van der Waals surface area contributed by atoms with Gasteiger partial charge < -0.3 is 15.7 Å². The fourth-order valence-electron chi connectivity index (χ4n) is 1.59. The van der Waals surface area contributed by atoms with E-state index in [9.17, 15) is 9.90 Å². The Morgan fingerprint density at radius 1 is 1.53 bits per heavy atom. The zero-order chi connectivity index (χ0) is 12.3. The molecule has 0 radical (unpaired) electrons. The molecule has 0 bridgehead atoms. The molecular weight excluding hydrogens is 240 g/mol. The number of carbonyl (C=O) groups excluding carboxylic acids is 1. The van der Waals surface area contributed by atoms with Crippen molar-refractivity contribution in [1.29, 1.82) is 0 Å². The number of rotatable bonds is 4. The van der Waals surface area contributed by atoms with Crippen LogP contribution in [0.5, 0.6) is 0 Å². The van der Waals surface area contributed by atoms with Crippen molar-refractivity contribution in [3.63, 3.8) is 0 Å². The Morgan fingerprint density at radius 3 is 2.94 bits per heavy atom. The first-order valence-corrected chi connectivity index (χ1v) is 6.01. The highest BCUT2D eigenvalue weighted by molar-refractivity contribution is 6.30. The van der Waals surface area contributed by atoms with Gasteiger partial charge in [-0.1, -0.05) is 17.7 Å². The van der Waals surface area contributed by atoms with Crippen molar-refractivity contribution in [2.75, 3.05) is 11.9 Å². The molecule has 0 saturated heterocycles. The van der Waals surface area contributed by atoms with Crippen molar-refractivity contribution >= 4 is 23.3 Å². The van der Waals surface area contributed by atoms with Crippen molar-refractivity contribution in [3.8, 4) is 0 Å². The Morgan fingerprint density at radius 2 is 2.29 bits per heavy atom. The zero-order valence-electron chi connectivity index (χ0n) is 9.32. The van der Waals surface area contributed by atoms with Crippen LogP contribution < -0.4 is 10.6 Å². The smallest absolute Gasteiger partial charge is 0.319 e. The summed E-state index contributed by atoms with van der Waals surface area (Å²) in [5.74, 6) is 0.362. The summed E-state index contributed by atoms with van der Waals surface area (Å²) in [5.41, 5.74) is 0.635. The number of hydrogen-bond donors (Lipinski definition) is 3. The number of amides is 2. The van der Waals surface area contributed by atoms with Crippen LogP contribution in [0.4, 0.5) is 10.5 Å².